The van der Waals surface area contributed by atoms with E-state index in [1.54, 1.807) is 17.8 Å². The summed E-state index contributed by atoms with van der Waals surface area (Å²) in [5.74, 6) is 1.85. The topological polar surface area (TPSA) is 86.2 Å². The van der Waals surface area contributed by atoms with Gasteiger partial charge in [0, 0.05) is 26.5 Å². The minimum absolute atomic E-state index is 0.462. The van der Waals surface area contributed by atoms with Gasteiger partial charge in [-0.15, -0.1) is 0 Å². The van der Waals surface area contributed by atoms with Crippen LogP contribution in [0.2, 0.25) is 0 Å². The molecular weight excluding hydrogens is 751 g/mol. The van der Waals surface area contributed by atoms with Crippen molar-refractivity contribution in [3.05, 3.63) is 221 Å². The van der Waals surface area contributed by atoms with Gasteiger partial charge in [-0.25, -0.2) is 15.0 Å². The van der Waals surface area contributed by atoms with E-state index in [2.05, 4.69) is 121 Å². The largest absolute Gasteiger partial charge is 0.208 e. The number of hydrogen-bond donors (Lipinski definition) is 0. The monoisotopic (exact) mass is 781 g/mol. The lowest BCUT2D eigenvalue weighted by atomic mass is 9.66. The van der Waals surface area contributed by atoms with Crippen molar-refractivity contribution in [2.24, 2.45) is 0 Å². The first kappa shape index (κ1) is 35.3. The highest BCUT2D eigenvalue weighted by Crippen LogP contribution is 2.64. The number of nitriles is 2. The van der Waals surface area contributed by atoms with Crippen molar-refractivity contribution >= 4 is 11.8 Å². The number of rotatable bonds is 5. The quantitative estimate of drug-likeness (QED) is 0.173. The fourth-order valence-corrected chi connectivity index (χ4v) is 10.5. The molecule has 0 radical (unpaired) electrons. The van der Waals surface area contributed by atoms with E-state index >= 15 is 0 Å². The van der Waals surface area contributed by atoms with Crippen LogP contribution >= 0.6 is 11.8 Å². The standard InChI is InChI=1S/C54H31N5S/c55-32-34-29-35(33-56)31-40(30-34)36-25-27-37(28-26-36)41-19-11-23-47-49(41)60-50-44(53-58-51(38-13-3-1-4-14-38)57-52(59-53)39-15-5-2-6-16-39)20-12-24-48(50)54(47)45-21-9-7-17-42(45)43-18-8-10-22-46(43)54/h1-31H. The maximum absolute atomic E-state index is 9.67. The second kappa shape index (κ2) is 14.2. The molecule has 0 bridgehead atoms. The Morgan fingerprint density at radius 1 is 0.350 bits per heavy atom. The molecule has 0 amide bonds. The first-order valence-electron chi connectivity index (χ1n) is 19.7. The number of fused-ring (bicyclic) bond motifs is 9. The molecule has 1 aliphatic carbocycles. The summed E-state index contributed by atoms with van der Waals surface area (Å²) in [6.07, 6.45) is 0. The van der Waals surface area contributed by atoms with Crippen LogP contribution in [0.4, 0.5) is 0 Å². The van der Waals surface area contributed by atoms with Crippen LogP contribution in [-0.4, -0.2) is 15.0 Å². The SMILES string of the molecule is N#Cc1cc(C#N)cc(-c2ccc(-c3cccc4c3Sc3c(-c5nc(-c6ccccc6)nc(-c6ccccc6)n5)cccc3C43c4ccccc4-c4ccccc43)cc2)c1. The van der Waals surface area contributed by atoms with Gasteiger partial charge in [0.05, 0.1) is 28.7 Å². The lowest BCUT2D eigenvalue weighted by Crippen LogP contribution is -2.32. The maximum atomic E-state index is 9.67. The molecule has 2 heterocycles. The number of nitrogens with zero attached hydrogens (tertiary/aromatic N) is 5. The van der Waals surface area contributed by atoms with Crippen molar-refractivity contribution in [1.82, 2.24) is 15.0 Å². The van der Waals surface area contributed by atoms with Gasteiger partial charge in [0.1, 0.15) is 0 Å². The van der Waals surface area contributed by atoms with Gasteiger partial charge < -0.3 is 0 Å². The Balaban J connectivity index is 1.16. The van der Waals surface area contributed by atoms with Crippen molar-refractivity contribution in [3.63, 3.8) is 0 Å². The predicted octanol–water partition coefficient (Wildman–Crippen LogP) is 12.8. The van der Waals surface area contributed by atoms with Crippen molar-refractivity contribution < 1.29 is 0 Å². The third kappa shape index (κ3) is 5.51. The van der Waals surface area contributed by atoms with Crippen molar-refractivity contribution in [2.45, 2.75) is 15.2 Å². The van der Waals surface area contributed by atoms with Crippen molar-refractivity contribution in [1.29, 1.82) is 10.5 Å². The molecule has 0 fully saturated rings. The second-order valence-corrected chi connectivity index (χ2v) is 16.0. The minimum Gasteiger partial charge on any atom is -0.208 e. The van der Waals surface area contributed by atoms with Gasteiger partial charge in [0.2, 0.25) is 0 Å². The minimum atomic E-state index is -0.627. The fraction of sp³-hybridized carbons (Fsp3) is 0.0185. The Kier molecular flexibility index (Phi) is 8.34. The molecule has 6 heteroatoms. The van der Waals surface area contributed by atoms with E-state index in [1.807, 2.05) is 72.8 Å². The average molecular weight is 782 g/mol. The third-order valence-corrected chi connectivity index (χ3v) is 12.9. The normalized spacial score (nSPS) is 12.7. The molecule has 8 aromatic carbocycles. The van der Waals surface area contributed by atoms with Crippen molar-refractivity contribution in [3.8, 4) is 79.7 Å². The van der Waals surface area contributed by atoms with Crippen LogP contribution in [-0.2, 0) is 5.41 Å². The van der Waals surface area contributed by atoms with Gasteiger partial charge in [0.25, 0.3) is 0 Å². The summed E-state index contributed by atoms with van der Waals surface area (Å²) in [6.45, 7) is 0. The molecular formula is C54H31N5S. The maximum Gasteiger partial charge on any atom is 0.165 e. The highest BCUT2D eigenvalue weighted by molar-refractivity contribution is 7.99. The molecule has 1 aliphatic heterocycles. The van der Waals surface area contributed by atoms with Gasteiger partial charge in [0.15, 0.2) is 17.5 Å². The summed E-state index contributed by atoms with van der Waals surface area (Å²) < 4.78 is 0. The van der Waals surface area contributed by atoms with Crippen molar-refractivity contribution in [2.75, 3.05) is 0 Å². The van der Waals surface area contributed by atoms with Gasteiger partial charge in [-0.05, 0) is 73.8 Å². The summed E-state index contributed by atoms with van der Waals surface area (Å²) in [5, 5.41) is 19.3. The predicted molar refractivity (Wildman–Crippen MR) is 238 cm³/mol. The second-order valence-electron chi connectivity index (χ2n) is 14.9. The van der Waals surface area contributed by atoms with E-state index in [-0.39, 0.29) is 0 Å². The fourth-order valence-electron chi connectivity index (χ4n) is 9.05. The van der Waals surface area contributed by atoms with Gasteiger partial charge >= 0.3 is 0 Å². The Bertz CT molecular complexity index is 3120. The summed E-state index contributed by atoms with van der Waals surface area (Å²) in [6, 6.07) is 69.3. The molecule has 0 saturated carbocycles. The zero-order valence-corrected chi connectivity index (χ0v) is 32.9. The Morgan fingerprint density at radius 3 is 1.33 bits per heavy atom. The van der Waals surface area contributed by atoms with E-state index < -0.39 is 5.41 Å². The molecule has 60 heavy (non-hydrogen) atoms. The average Bonchev–Trinajstić information content (AvgIpc) is 3.62. The molecule has 11 rings (SSSR count). The van der Waals surface area contributed by atoms with E-state index in [4.69, 9.17) is 15.0 Å². The van der Waals surface area contributed by atoms with E-state index in [1.165, 1.54) is 33.4 Å². The van der Waals surface area contributed by atoms with Crippen LogP contribution in [0.5, 0.6) is 0 Å². The molecule has 0 atom stereocenters. The van der Waals surface area contributed by atoms with Crippen LogP contribution in [0.15, 0.2) is 198 Å². The van der Waals surface area contributed by atoms with E-state index in [0.29, 0.717) is 28.6 Å². The highest BCUT2D eigenvalue weighted by atomic mass is 32.2. The lowest BCUT2D eigenvalue weighted by Gasteiger charge is -2.41. The Labute approximate surface area is 352 Å². The Morgan fingerprint density at radius 2 is 0.783 bits per heavy atom. The molecule has 0 saturated heterocycles. The molecule has 0 N–H and O–H groups in total. The van der Waals surface area contributed by atoms with Crippen LogP contribution < -0.4 is 0 Å². The number of hydrogen-bond acceptors (Lipinski definition) is 6. The zero-order valence-electron chi connectivity index (χ0n) is 32.0. The summed E-state index contributed by atoms with van der Waals surface area (Å²) in [4.78, 5) is 17.8. The highest BCUT2D eigenvalue weighted by Gasteiger charge is 2.51. The molecule has 0 unspecified atom stereocenters. The summed E-state index contributed by atoms with van der Waals surface area (Å²) in [7, 11) is 0. The third-order valence-electron chi connectivity index (χ3n) is 11.7. The molecule has 1 spiro atoms. The first-order chi connectivity index (χ1) is 29.6. The summed E-state index contributed by atoms with van der Waals surface area (Å²) in [5.41, 5.74) is 14.4. The Hall–Kier alpha value is -7.90. The summed E-state index contributed by atoms with van der Waals surface area (Å²) >= 11 is 1.78. The van der Waals surface area contributed by atoms with E-state index in [0.717, 1.165) is 48.7 Å². The van der Waals surface area contributed by atoms with Gasteiger partial charge in [-0.3, -0.25) is 0 Å². The zero-order chi connectivity index (χ0) is 40.2. The molecule has 5 nitrogen and oxygen atoms in total. The number of benzene rings is 8. The van der Waals surface area contributed by atoms with Gasteiger partial charge in [-0.2, -0.15) is 10.5 Å². The van der Waals surface area contributed by atoms with Crippen LogP contribution in [0.3, 0.4) is 0 Å². The first-order valence-corrected chi connectivity index (χ1v) is 20.5. The van der Waals surface area contributed by atoms with E-state index in [9.17, 15) is 10.5 Å². The van der Waals surface area contributed by atoms with Crippen LogP contribution in [0.25, 0.3) is 67.5 Å². The lowest BCUT2D eigenvalue weighted by molar-refractivity contribution is 0.723. The van der Waals surface area contributed by atoms with Crippen LogP contribution in [0, 0.1) is 22.7 Å². The van der Waals surface area contributed by atoms with Crippen LogP contribution in [0.1, 0.15) is 33.4 Å². The molecule has 1 aromatic heterocycles. The number of aromatic nitrogens is 3. The smallest absolute Gasteiger partial charge is 0.165 e. The van der Waals surface area contributed by atoms with Gasteiger partial charge in [-0.1, -0.05) is 182 Å². The molecule has 9 aromatic rings. The molecule has 278 valence electrons. The molecule has 2 aliphatic rings.